The van der Waals surface area contributed by atoms with Crippen LogP contribution in [0.3, 0.4) is 0 Å². The van der Waals surface area contributed by atoms with E-state index < -0.39 is 0 Å². The molecule has 0 spiro atoms. The van der Waals surface area contributed by atoms with Crippen LogP contribution in [0.2, 0.25) is 0 Å². The van der Waals surface area contributed by atoms with Gasteiger partial charge in [-0.1, -0.05) is 28.9 Å². The molecule has 4 nitrogen and oxygen atoms in total. The van der Waals surface area contributed by atoms with Gasteiger partial charge in [0.15, 0.2) is 0 Å². The Morgan fingerprint density at radius 2 is 1.81 bits per heavy atom. The fourth-order valence-electron chi connectivity index (χ4n) is 2.50. The SMILES string of the molecule is CCC(=O)N1CCCN(C(=O)c2ccc(C)c(Br)c2)CC1. The summed E-state index contributed by atoms with van der Waals surface area (Å²) >= 11 is 3.47. The van der Waals surface area contributed by atoms with E-state index >= 15 is 0 Å². The Hall–Kier alpha value is -1.36. The number of carbonyl (C=O) groups is 2. The highest BCUT2D eigenvalue weighted by Crippen LogP contribution is 2.19. The summed E-state index contributed by atoms with van der Waals surface area (Å²) in [5.41, 5.74) is 1.81. The molecular weight excluding hydrogens is 332 g/mol. The second kappa shape index (κ2) is 7.07. The second-order valence-electron chi connectivity index (χ2n) is 5.34. The van der Waals surface area contributed by atoms with E-state index in [9.17, 15) is 9.59 Å². The Labute approximate surface area is 134 Å². The van der Waals surface area contributed by atoms with Crippen LogP contribution in [0.5, 0.6) is 0 Å². The zero-order valence-electron chi connectivity index (χ0n) is 12.6. The van der Waals surface area contributed by atoms with Crippen LogP contribution in [0, 0.1) is 6.92 Å². The molecule has 1 aliphatic heterocycles. The lowest BCUT2D eigenvalue weighted by atomic mass is 10.1. The smallest absolute Gasteiger partial charge is 0.253 e. The van der Waals surface area contributed by atoms with Gasteiger partial charge in [-0.15, -0.1) is 0 Å². The Bertz CT molecular complexity index is 545. The molecule has 114 valence electrons. The molecule has 2 amide bonds. The summed E-state index contributed by atoms with van der Waals surface area (Å²) < 4.78 is 0.950. The molecule has 0 aromatic heterocycles. The van der Waals surface area contributed by atoms with Crippen LogP contribution in [0.1, 0.15) is 35.7 Å². The van der Waals surface area contributed by atoms with E-state index in [0.717, 1.165) is 23.0 Å². The third-order valence-corrected chi connectivity index (χ3v) is 4.71. The Balaban J connectivity index is 2.06. The van der Waals surface area contributed by atoms with Crippen LogP contribution < -0.4 is 0 Å². The first kappa shape index (κ1) is 16.0. The summed E-state index contributed by atoms with van der Waals surface area (Å²) in [5, 5.41) is 0. The summed E-state index contributed by atoms with van der Waals surface area (Å²) in [6.07, 6.45) is 1.36. The number of halogens is 1. The lowest BCUT2D eigenvalue weighted by molar-refractivity contribution is -0.130. The molecule has 1 saturated heterocycles. The van der Waals surface area contributed by atoms with Crippen molar-refractivity contribution in [3.63, 3.8) is 0 Å². The minimum Gasteiger partial charge on any atom is -0.341 e. The third kappa shape index (κ3) is 3.84. The molecule has 0 saturated carbocycles. The monoisotopic (exact) mass is 352 g/mol. The van der Waals surface area contributed by atoms with E-state index in [1.54, 1.807) is 0 Å². The van der Waals surface area contributed by atoms with Gasteiger partial charge in [0.25, 0.3) is 5.91 Å². The quantitative estimate of drug-likeness (QED) is 0.820. The van der Waals surface area contributed by atoms with Crippen LogP contribution in [-0.4, -0.2) is 47.8 Å². The van der Waals surface area contributed by atoms with E-state index in [1.807, 2.05) is 41.8 Å². The molecule has 1 aromatic carbocycles. The highest BCUT2D eigenvalue weighted by molar-refractivity contribution is 9.10. The number of amides is 2. The number of benzene rings is 1. The van der Waals surface area contributed by atoms with Gasteiger partial charge in [-0.05, 0) is 31.0 Å². The molecule has 0 radical (unpaired) electrons. The van der Waals surface area contributed by atoms with Gasteiger partial charge in [-0.25, -0.2) is 0 Å². The van der Waals surface area contributed by atoms with Gasteiger partial charge in [0.1, 0.15) is 0 Å². The number of rotatable bonds is 2. The topological polar surface area (TPSA) is 40.6 Å². The van der Waals surface area contributed by atoms with Crippen LogP contribution in [0.25, 0.3) is 0 Å². The van der Waals surface area contributed by atoms with Gasteiger partial charge in [-0.2, -0.15) is 0 Å². The van der Waals surface area contributed by atoms with Crippen molar-refractivity contribution in [2.75, 3.05) is 26.2 Å². The second-order valence-corrected chi connectivity index (χ2v) is 6.20. The average molecular weight is 353 g/mol. The first-order valence-corrected chi connectivity index (χ1v) is 8.15. The van der Waals surface area contributed by atoms with Gasteiger partial charge >= 0.3 is 0 Å². The summed E-state index contributed by atoms with van der Waals surface area (Å²) in [7, 11) is 0. The lowest BCUT2D eigenvalue weighted by Gasteiger charge is -2.22. The molecule has 5 heteroatoms. The van der Waals surface area contributed by atoms with Crippen LogP contribution in [-0.2, 0) is 4.79 Å². The molecule has 2 rings (SSSR count). The van der Waals surface area contributed by atoms with E-state index in [2.05, 4.69) is 15.9 Å². The van der Waals surface area contributed by atoms with Crippen LogP contribution >= 0.6 is 15.9 Å². The third-order valence-electron chi connectivity index (χ3n) is 3.86. The van der Waals surface area contributed by atoms with Crippen molar-refractivity contribution in [1.29, 1.82) is 0 Å². The van der Waals surface area contributed by atoms with Gasteiger partial charge in [0.2, 0.25) is 5.91 Å². The van der Waals surface area contributed by atoms with Crippen molar-refractivity contribution in [3.05, 3.63) is 33.8 Å². The maximum atomic E-state index is 12.6. The van der Waals surface area contributed by atoms with Gasteiger partial charge in [0, 0.05) is 42.6 Å². The standard InChI is InChI=1S/C16H21BrN2O2/c1-3-15(20)18-7-4-8-19(10-9-18)16(21)13-6-5-12(2)14(17)11-13/h5-6,11H,3-4,7-10H2,1-2H3. The van der Waals surface area contributed by atoms with Gasteiger partial charge < -0.3 is 9.80 Å². The zero-order valence-corrected chi connectivity index (χ0v) is 14.1. The van der Waals surface area contributed by atoms with Crippen molar-refractivity contribution in [2.45, 2.75) is 26.7 Å². The molecule has 0 bridgehead atoms. The maximum absolute atomic E-state index is 12.6. The van der Waals surface area contributed by atoms with Crippen LogP contribution in [0.15, 0.2) is 22.7 Å². The number of nitrogens with zero attached hydrogens (tertiary/aromatic N) is 2. The van der Waals surface area contributed by atoms with Crippen molar-refractivity contribution < 1.29 is 9.59 Å². The minimum atomic E-state index is 0.0431. The molecule has 1 aliphatic rings. The maximum Gasteiger partial charge on any atom is 0.253 e. The highest BCUT2D eigenvalue weighted by atomic mass is 79.9. The molecule has 1 aromatic rings. The first-order valence-electron chi connectivity index (χ1n) is 7.36. The van der Waals surface area contributed by atoms with Gasteiger partial charge in [0.05, 0.1) is 0 Å². The molecule has 21 heavy (non-hydrogen) atoms. The Kier molecular flexibility index (Phi) is 5.39. The summed E-state index contributed by atoms with van der Waals surface area (Å²) in [5.74, 6) is 0.212. The van der Waals surface area contributed by atoms with Crippen LogP contribution in [0.4, 0.5) is 0 Å². The lowest BCUT2D eigenvalue weighted by Crippen LogP contribution is -2.37. The molecule has 1 heterocycles. The highest BCUT2D eigenvalue weighted by Gasteiger charge is 2.22. The summed E-state index contributed by atoms with van der Waals surface area (Å²) in [4.78, 5) is 28.0. The predicted octanol–water partition coefficient (Wildman–Crippen LogP) is 2.84. The van der Waals surface area contributed by atoms with E-state index in [0.29, 0.717) is 31.6 Å². The normalized spacial score (nSPS) is 15.8. The van der Waals surface area contributed by atoms with E-state index in [4.69, 9.17) is 0 Å². The largest absolute Gasteiger partial charge is 0.341 e. The molecule has 0 unspecified atom stereocenters. The number of carbonyl (C=O) groups excluding carboxylic acids is 2. The van der Waals surface area contributed by atoms with E-state index in [-0.39, 0.29) is 11.8 Å². The van der Waals surface area contributed by atoms with Crippen molar-refractivity contribution in [3.8, 4) is 0 Å². The molecule has 0 N–H and O–H groups in total. The fourth-order valence-corrected chi connectivity index (χ4v) is 2.88. The number of hydrogen-bond donors (Lipinski definition) is 0. The molecule has 0 atom stereocenters. The zero-order chi connectivity index (χ0) is 15.4. The Morgan fingerprint density at radius 1 is 1.14 bits per heavy atom. The Morgan fingerprint density at radius 3 is 2.48 bits per heavy atom. The minimum absolute atomic E-state index is 0.0431. The van der Waals surface area contributed by atoms with Gasteiger partial charge in [-0.3, -0.25) is 9.59 Å². The molecule has 0 aliphatic carbocycles. The van der Waals surface area contributed by atoms with Crippen molar-refractivity contribution in [2.24, 2.45) is 0 Å². The number of aryl methyl sites for hydroxylation is 1. The molecular formula is C16H21BrN2O2. The first-order chi connectivity index (χ1) is 10.0. The van der Waals surface area contributed by atoms with Crippen molar-refractivity contribution >= 4 is 27.7 Å². The average Bonchev–Trinajstić information content (AvgIpc) is 2.74. The van der Waals surface area contributed by atoms with Crippen molar-refractivity contribution in [1.82, 2.24) is 9.80 Å². The predicted molar refractivity (Wildman–Crippen MR) is 86.3 cm³/mol. The summed E-state index contributed by atoms with van der Waals surface area (Å²) in [6, 6.07) is 5.68. The fraction of sp³-hybridized carbons (Fsp3) is 0.500. The summed E-state index contributed by atoms with van der Waals surface area (Å²) in [6.45, 7) is 6.56. The molecule has 1 fully saturated rings. The number of hydrogen-bond acceptors (Lipinski definition) is 2. The van der Waals surface area contributed by atoms with E-state index in [1.165, 1.54) is 0 Å².